The number of sulfonamides is 1. The van der Waals surface area contributed by atoms with Crippen molar-refractivity contribution in [1.29, 1.82) is 0 Å². The van der Waals surface area contributed by atoms with E-state index in [2.05, 4.69) is 4.98 Å². The van der Waals surface area contributed by atoms with Crippen molar-refractivity contribution in [2.24, 2.45) is 0 Å². The molecule has 2 heterocycles. The van der Waals surface area contributed by atoms with E-state index in [1.165, 1.54) is 4.31 Å². The van der Waals surface area contributed by atoms with Gasteiger partial charge in [0.05, 0.1) is 10.5 Å². The predicted molar refractivity (Wildman–Crippen MR) is 96.2 cm³/mol. The molecule has 0 atom stereocenters. The lowest BCUT2D eigenvalue weighted by Crippen LogP contribution is -2.30. The quantitative estimate of drug-likeness (QED) is 0.821. The van der Waals surface area contributed by atoms with Crippen molar-refractivity contribution in [3.8, 4) is 0 Å². The molecule has 1 aliphatic heterocycles. The minimum atomic E-state index is -3.49. The Labute approximate surface area is 148 Å². The SMILES string of the molecule is CCN(CC)S(=O)(=O)c1ccc2c(c1)CCN2C(=O)c1cccnc1. The number of rotatable bonds is 5. The van der Waals surface area contributed by atoms with Crippen molar-refractivity contribution in [3.05, 3.63) is 53.9 Å². The van der Waals surface area contributed by atoms with Gasteiger partial charge >= 0.3 is 0 Å². The van der Waals surface area contributed by atoms with Gasteiger partial charge in [0.15, 0.2) is 0 Å². The van der Waals surface area contributed by atoms with Gasteiger partial charge in [-0.25, -0.2) is 8.42 Å². The second-order valence-electron chi connectivity index (χ2n) is 5.83. The Morgan fingerprint density at radius 2 is 2.00 bits per heavy atom. The van der Waals surface area contributed by atoms with E-state index in [0.717, 1.165) is 11.3 Å². The molecule has 0 spiro atoms. The van der Waals surface area contributed by atoms with E-state index in [1.807, 2.05) is 13.8 Å². The van der Waals surface area contributed by atoms with Crippen molar-refractivity contribution in [2.75, 3.05) is 24.5 Å². The molecule has 1 amide bonds. The van der Waals surface area contributed by atoms with Gasteiger partial charge in [0.2, 0.25) is 10.0 Å². The summed E-state index contributed by atoms with van der Waals surface area (Å²) in [4.78, 5) is 18.6. The van der Waals surface area contributed by atoms with Crippen LogP contribution in [0, 0.1) is 0 Å². The number of fused-ring (bicyclic) bond motifs is 1. The maximum Gasteiger partial charge on any atom is 0.259 e. The van der Waals surface area contributed by atoms with Gasteiger partial charge in [-0.1, -0.05) is 13.8 Å². The Kier molecular flexibility index (Phi) is 4.87. The van der Waals surface area contributed by atoms with E-state index in [1.54, 1.807) is 47.6 Å². The Hall–Kier alpha value is -2.25. The molecule has 7 heteroatoms. The molecule has 0 unspecified atom stereocenters. The van der Waals surface area contributed by atoms with Crippen molar-refractivity contribution < 1.29 is 13.2 Å². The first-order chi connectivity index (χ1) is 12.0. The topological polar surface area (TPSA) is 70.6 Å². The largest absolute Gasteiger partial charge is 0.308 e. The summed E-state index contributed by atoms with van der Waals surface area (Å²) in [6, 6.07) is 8.46. The highest BCUT2D eigenvalue weighted by molar-refractivity contribution is 7.89. The van der Waals surface area contributed by atoms with Crippen molar-refractivity contribution in [1.82, 2.24) is 9.29 Å². The number of carbonyl (C=O) groups excluding carboxylic acids is 1. The molecule has 3 rings (SSSR count). The zero-order valence-corrected chi connectivity index (χ0v) is 15.2. The highest BCUT2D eigenvalue weighted by atomic mass is 32.2. The van der Waals surface area contributed by atoms with Crippen LogP contribution >= 0.6 is 0 Å². The summed E-state index contributed by atoms with van der Waals surface area (Å²) >= 11 is 0. The fourth-order valence-corrected chi connectivity index (χ4v) is 4.62. The van der Waals surface area contributed by atoms with Gasteiger partial charge < -0.3 is 4.90 Å². The summed E-state index contributed by atoms with van der Waals surface area (Å²) in [5, 5.41) is 0. The smallest absolute Gasteiger partial charge is 0.259 e. The van der Waals surface area contributed by atoms with Crippen LogP contribution in [0.2, 0.25) is 0 Å². The minimum absolute atomic E-state index is 0.119. The summed E-state index contributed by atoms with van der Waals surface area (Å²) in [6.45, 7) is 5.05. The van der Waals surface area contributed by atoms with Crippen LogP contribution in [0.25, 0.3) is 0 Å². The molecule has 0 saturated heterocycles. The first-order valence-corrected chi connectivity index (χ1v) is 9.78. The Balaban J connectivity index is 1.92. The maximum atomic E-state index is 12.7. The molecule has 6 nitrogen and oxygen atoms in total. The molecular formula is C18H21N3O3S. The zero-order chi connectivity index (χ0) is 18.0. The lowest BCUT2D eigenvalue weighted by atomic mass is 10.2. The number of benzene rings is 1. The van der Waals surface area contributed by atoms with Gasteiger partial charge in [0.25, 0.3) is 5.91 Å². The average molecular weight is 359 g/mol. The molecule has 132 valence electrons. The Bertz CT molecular complexity index is 878. The number of pyridine rings is 1. The van der Waals surface area contributed by atoms with E-state index in [4.69, 9.17) is 0 Å². The van der Waals surface area contributed by atoms with Gasteiger partial charge in [0, 0.05) is 37.7 Å². The van der Waals surface area contributed by atoms with E-state index in [0.29, 0.717) is 31.6 Å². The van der Waals surface area contributed by atoms with Gasteiger partial charge in [-0.05, 0) is 42.3 Å². The van der Waals surface area contributed by atoms with Gasteiger partial charge in [-0.3, -0.25) is 9.78 Å². The lowest BCUT2D eigenvalue weighted by Gasteiger charge is -2.20. The molecule has 0 bridgehead atoms. The van der Waals surface area contributed by atoms with Crippen LogP contribution in [0.15, 0.2) is 47.6 Å². The fraction of sp³-hybridized carbons (Fsp3) is 0.333. The molecule has 2 aromatic rings. The van der Waals surface area contributed by atoms with E-state index < -0.39 is 10.0 Å². The number of amides is 1. The van der Waals surface area contributed by atoms with E-state index >= 15 is 0 Å². The lowest BCUT2D eigenvalue weighted by molar-refractivity contribution is 0.0989. The molecule has 0 saturated carbocycles. The molecule has 1 aromatic heterocycles. The summed E-state index contributed by atoms with van der Waals surface area (Å²) < 4.78 is 26.8. The summed E-state index contributed by atoms with van der Waals surface area (Å²) in [6.07, 6.45) is 3.81. The van der Waals surface area contributed by atoms with Crippen LogP contribution in [-0.2, 0) is 16.4 Å². The summed E-state index contributed by atoms with van der Waals surface area (Å²) in [5.74, 6) is -0.119. The van der Waals surface area contributed by atoms with Crippen molar-refractivity contribution in [3.63, 3.8) is 0 Å². The van der Waals surface area contributed by atoms with Gasteiger partial charge in [-0.2, -0.15) is 4.31 Å². The number of carbonyl (C=O) groups is 1. The van der Waals surface area contributed by atoms with Crippen LogP contribution in [0.1, 0.15) is 29.8 Å². The third-order valence-electron chi connectivity index (χ3n) is 4.44. The molecule has 0 N–H and O–H groups in total. The number of nitrogens with zero attached hydrogens (tertiary/aromatic N) is 3. The van der Waals surface area contributed by atoms with Crippen molar-refractivity contribution in [2.45, 2.75) is 25.2 Å². The summed E-state index contributed by atoms with van der Waals surface area (Å²) in [5.41, 5.74) is 2.17. The number of anilines is 1. The van der Waals surface area contributed by atoms with Gasteiger partial charge in [0.1, 0.15) is 0 Å². The Morgan fingerprint density at radius 1 is 1.24 bits per heavy atom. The van der Waals surface area contributed by atoms with Gasteiger partial charge in [-0.15, -0.1) is 0 Å². The number of aromatic nitrogens is 1. The normalized spacial score (nSPS) is 14.0. The zero-order valence-electron chi connectivity index (χ0n) is 14.3. The third-order valence-corrected chi connectivity index (χ3v) is 6.49. The summed E-state index contributed by atoms with van der Waals surface area (Å²) in [7, 11) is -3.49. The number of hydrogen-bond acceptors (Lipinski definition) is 4. The molecular weight excluding hydrogens is 338 g/mol. The molecule has 0 aliphatic carbocycles. The number of hydrogen-bond donors (Lipinski definition) is 0. The van der Waals surface area contributed by atoms with Crippen LogP contribution in [0.5, 0.6) is 0 Å². The van der Waals surface area contributed by atoms with E-state index in [9.17, 15) is 13.2 Å². The molecule has 1 aliphatic rings. The highest BCUT2D eigenvalue weighted by Crippen LogP contribution is 2.32. The predicted octanol–water partition coefficient (Wildman–Crippen LogP) is 2.32. The standard InChI is InChI=1S/C18H21N3O3S/c1-3-20(4-2)25(23,24)16-7-8-17-14(12-16)9-11-21(17)18(22)15-6-5-10-19-13-15/h5-8,10,12-13H,3-4,9,11H2,1-2H3. The van der Waals surface area contributed by atoms with Crippen LogP contribution in [0.4, 0.5) is 5.69 Å². The molecule has 0 fully saturated rings. The Morgan fingerprint density at radius 3 is 2.64 bits per heavy atom. The monoisotopic (exact) mass is 359 g/mol. The van der Waals surface area contributed by atoms with Crippen LogP contribution in [0.3, 0.4) is 0 Å². The molecule has 1 aromatic carbocycles. The highest BCUT2D eigenvalue weighted by Gasteiger charge is 2.28. The second-order valence-corrected chi connectivity index (χ2v) is 7.77. The first kappa shape index (κ1) is 17.6. The van der Waals surface area contributed by atoms with Crippen LogP contribution < -0.4 is 4.90 Å². The van der Waals surface area contributed by atoms with E-state index in [-0.39, 0.29) is 10.8 Å². The maximum absolute atomic E-state index is 12.7. The molecule has 0 radical (unpaired) electrons. The minimum Gasteiger partial charge on any atom is -0.308 e. The molecule has 25 heavy (non-hydrogen) atoms. The third kappa shape index (κ3) is 3.17. The second kappa shape index (κ2) is 6.93. The van der Waals surface area contributed by atoms with Crippen molar-refractivity contribution >= 4 is 21.6 Å². The fourth-order valence-electron chi connectivity index (χ4n) is 3.11. The average Bonchev–Trinajstić information content (AvgIpc) is 3.06. The first-order valence-electron chi connectivity index (χ1n) is 8.34. The van der Waals surface area contributed by atoms with Crippen LogP contribution in [-0.4, -0.2) is 43.2 Å².